The third-order valence-corrected chi connectivity index (χ3v) is 5.04. The molecule has 3 heteroatoms. The minimum atomic E-state index is 0.258. The molecule has 0 bridgehead atoms. The molecule has 2 nitrogen and oxygen atoms in total. The SMILES string of the molecule is CCCCCCCCCCOc1ccc(-c2ccc(O)c(Br)c2)cc1. The van der Waals surface area contributed by atoms with Crippen LogP contribution in [0.25, 0.3) is 11.1 Å². The highest BCUT2D eigenvalue weighted by atomic mass is 79.9. The molecular formula is C22H29BrO2. The van der Waals surface area contributed by atoms with Crippen LogP contribution in [0.4, 0.5) is 0 Å². The fraction of sp³-hybridized carbons (Fsp3) is 0.455. The second-order valence-corrected chi connectivity index (χ2v) is 7.37. The lowest BCUT2D eigenvalue weighted by Gasteiger charge is -2.08. The van der Waals surface area contributed by atoms with Crippen molar-refractivity contribution in [1.29, 1.82) is 0 Å². The van der Waals surface area contributed by atoms with Crippen molar-refractivity contribution in [2.75, 3.05) is 6.61 Å². The van der Waals surface area contributed by atoms with Gasteiger partial charge in [-0.05, 0) is 57.7 Å². The van der Waals surface area contributed by atoms with Gasteiger partial charge in [-0.15, -0.1) is 0 Å². The van der Waals surface area contributed by atoms with E-state index >= 15 is 0 Å². The van der Waals surface area contributed by atoms with E-state index in [0.29, 0.717) is 4.47 Å². The van der Waals surface area contributed by atoms with E-state index in [0.717, 1.165) is 29.9 Å². The molecule has 0 atom stereocenters. The Morgan fingerprint density at radius 1 is 0.800 bits per heavy atom. The molecule has 0 fully saturated rings. The summed E-state index contributed by atoms with van der Waals surface area (Å²) in [6, 6.07) is 13.7. The van der Waals surface area contributed by atoms with Crippen molar-refractivity contribution in [1.82, 2.24) is 0 Å². The van der Waals surface area contributed by atoms with E-state index in [1.165, 1.54) is 44.9 Å². The molecule has 0 radical (unpaired) electrons. The van der Waals surface area contributed by atoms with Crippen LogP contribution in [0.15, 0.2) is 46.9 Å². The minimum Gasteiger partial charge on any atom is -0.507 e. The lowest BCUT2D eigenvalue weighted by atomic mass is 10.1. The van der Waals surface area contributed by atoms with E-state index in [4.69, 9.17) is 4.74 Å². The molecule has 25 heavy (non-hydrogen) atoms. The second kappa shape index (κ2) is 11.2. The molecule has 0 spiro atoms. The average molecular weight is 405 g/mol. The van der Waals surface area contributed by atoms with Crippen LogP contribution in [-0.2, 0) is 0 Å². The van der Waals surface area contributed by atoms with E-state index in [2.05, 4.69) is 35.0 Å². The Kier molecular flexibility index (Phi) is 8.89. The maximum Gasteiger partial charge on any atom is 0.129 e. The number of ether oxygens (including phenoxy) is 1. The quantitative estimate of drug-likeness (QED) is 0.396. The normalized spacial score (nSPS) is 10.8. The summed E-state index contributed by atoms with van der Waals surface area (Å²) in [6.07, 6.45) is 10.5. The summed E-state index contributed by atoms with van der Waals surface area (Å²) in [5.74, 6) is 1.18. The fourth-order valence-electron chi connectivity index (χ4n) is 2.86. The summed E-state index contributed by atoms with van der Waals surface area (Å²) in [5, 5.41) is 9.58. The number of aromatic hydroxyl groups is 1. The topological polar surface area (TPSA) is 29.5 Å². The van der Waals surface area contributed by atoms with E-state index in [1.807, 2.05) is 24.3 Å². The second-order valence-electron chi connectivity index (χ2n) is 6.51. The zero-order valence-electron chi connectivity index (χ0n) is 15.1. The van der Waals surface area contributed by atoms with Gasteiger partial charge in [-0.1, -0.05) is 70.1 Å². The Morgan fingerprint density at radius 2 is 1.40 bits per heavy atom. The predicted molar refractivity (Wildman–Crippen MR) is 109 cm³/mol. The molecule has 0 unspecified atom stereocenters. The number of unbranched alkanes of at least 4 members (excludes halogenated alkanes) is 7. The van der Waals surface area contributed by atoms with Gasteiger partial charge in [0, 0.05) is 0 Å². The Hall–Kier alpha value is -1.48. The highest BCUT2D eigenvalue weighted by Crippen LogP contribution is 2.30. The number of benzene rings is 2. The lowest BCUT2D eigenvalue weighted by molar-refractivity contribution is 0.304. The van der Waals surface area contributed by atoms with E-state index in [-0.39, 0.29) is 5.75 Å². The van der Waals surface area contributed by atoms with Gasteiger partial charge >= 0.3 is 0 Å². The highest BCUT2D eigenvalue weighted by Gasteiger charge is 2.03. The zero-order valence-corrected chi connectivity index (χ0v) is 16.7. The minimum absolute atomic E-state index is 0.258. The van der Waals surface area contributed by atoms with Crippen molar-refractivity contribution < 1.29 is 9.84 Å². The number of phenols is 1. The Balaban J connectivity index is 1.67. The Bertz CT molecular complexity index is 622. The summed E-state index contributed by atoms with van der Waals surface area (Å²) in [4.78, 5) is 0. The maximum absolute atomic E-state index is 9.58. The van der Waals surface area contributed by atoms with E-state index in [9.17, 15) is 5.11 Å². The van der Waals surface area contributed by atoms with Crippen molar-refractivity contribution in [2.45, 2.75) is 58.3 Å². The van der Waals surface area contributed by atoms with Gasteiger partial charge in [0.1, 0.15) is 11.5 Å². The lowest BCUT2D eigenvalue weighted by Crippen LogP contribution is -1.97. The molecule has 0 aliphatic carbocycles. The van der Waals surface area contributed by atoms with Crippen molar-refractivity contribution >= 4 is 15.9 Å². The van der Waals surface area contributed by atoms with Gasteiger partial charge in [-0.2, -0.15) is 0 Å². The summed E-state index contributed by atoms with van der Waals surface area (Å²) in [6.45, 7) is 3.05. The van der Waals surface area contributed by atoms with Gasteiger partial charge in [0.05, 0.1) is 11.1 Å². The average Bonchev–Trinajstić information content (AvgIpc) is 2.63. The molecular weight excluding hydrogens is 376 g/mol. The molecule has 1 N–H and O–H groups in total. The molecule has 0 saturated heterocycles. The first-order valence-electron chi connectivity index (χ1n) is 9.42. The van der Waals surface area contributed by atoms with Gasteiger partial charge < -0.3 is 9.84 Å². The summed E-state index contributed by atoms with van der Waals surface area (Å²) in [5.41, 5.74) is 2.18. The number of rotatable bonds is 11. The van der Waals surface area contributed by atoms with Crippen LogP contribution in [0.3, 0.4) is 0 Å². The van der Waals surface area contributed by atoms with Crippen molar-refractivity contribution in [3.8, 4) is 22.6 Å². The Morgan fingerprint density at radius 3 is 2.04 bits per heavy atom. The van der Waals surface area contributed by atoms with Gasteiger partial charge in [-0.25, -0.2) is 0 Å². The molecule has 0 aliphatic heterocycles. The molecule has 0 saturated carbocycles. The van der Waals surface area contributed by atoms with Gasteiger partial charge in [0.2, 0.25) is 0 Å². The van der Waals surface area contributed by atoms with Crippen molar-refractivity contribution in [2.24, 2.45) is 0 Å². The first-order valence-corrected chi connectivity index (χ1v) is 10.2. The largest absolute Gasteiger partial charge is 0.507 e. The maximum atomic E-state index is 9.58. The Labute approximate surface area is 160 Å². The van der Waals surface area contributed by atoms with Gasteiger partial charge in [-0.3, -0.25) is 0 Å². The summed E-state index contributed by atoms with van der Waals surface area (Å²) >= 11 is 3.36. The number of halogens is 1. The number of phenolic OH excluding ortho intramolecular Hbond substituents is 1. The molecule has 0 heterocycles. The summed E-state index contributed by atoms with van der Waals surface area (Å²) < 4.78 is 6.54. The van der Waals surface area contributed by atoms with E-state index in [1.54, 1.807) is 6.07 Å². The smallest absolute Gasteiger partial charge is 0.129 e. The zero-order chi connectivity index (χ0) is 17.9. The number of hydrogen-bond acceptors (Lipinski definition) is 2. The monoisotopic (exact) mass is 404 g/mol. The third-order valence-electron chi connectivity index (χ3n) is 4.40. The molecule has 2 aromatic carbocycles. The first-order chi connectivity index (χ1) is 12.2. The van der Waals surface area contributed by atoms with Crippen molar-refractivity contribution in [3.63, 3.8) is 0 Å². The van der Waals surface area contributed by atoms with Crippen LogP contribution in [-0.4, -0.2) is 11.7 Å². The number of hydrogen-bond donors (Lipinski definition) is 1. The molecule has 0 aliphatic rings. The van der Waals surface area contributed by atoms with Crippen LogP contribution in [0.2, 0.25) is 0 Å². The molecule has 2 aromatic rings. The predicted octanol–water partition coefficient (Wildman–Crippen LogP) is 7.34. The van der Waals surface area contributed by atoms with Gasteiger partial charge in [0.25, 0.3) is 0 Å². The standard InChI is InChI=1S/C22H29BrO2/c1-2-3-4-5-6-7-8-9-16-25-20-13-10-18(11-14-20)19-12-15-22(24)21(23)17-19/h10-15,17,24H,2-9,16H2,1H3. The van der Waals surface area contributed by atoms with Crippen molar-refractivity contribution in [3.05, 3.63) is 46.9 Å². The van der Waals surface area contributed by atoms with E-state index < -0.39 is 0 Å². The fourth-order valence-corrected chi connectivity index (χ4v) is 3.23. The van der Waals surface area contributed by atoms with Crippen LogP contribution < -0.4 is 4.74 Å². The molecule has 0 amide bonds. The van der Waals surface area contributed by atoms with Crippen LogP contribution >= 0.6 is 15.9 Å². The van der Waals surface area contributed by atoms with Crippen LogP contribution in [0.5, 0.6) is 11.5 Å². The van der Waals surface area contributed by atoms with Crippen LogP contribution in [0, 0.1) is 0 Å². The van der Waals surface area contributed by atoms with Crippen LogP contribution in [0.1, 0.15) is 58.3 Å². The highest BCUT2D eigenvalue weighted by molar-refractivity contribution is 9.10. The summed E-state index contributed by atoms with van der Waals surface area (Å²) in [7, 11) is 0. The molecule has 2 rings (SSSR count). The first kappa shape index (κ1) is 19.8. The van der Waals surface area contributed by atoms with Gasteiger partial charge in [0.15, 0.2) is 0 Å². The third kappa shape index (κ3) is 7.11. The molecule has 136 valence electrons. The molecule has 0 aromatic heterocycles.